The smallest absolute Gasteiger partial charge is 0.138 e. The SMILES string of the molecule is Cn1ncnc1CC(NN)c1cccc(Br)c1Cl. The van der Waals surface area contributed by atoms with Crippen molar-refractivity contribution in [2.75, 3.05) is 0 Å². The zero-order valence-corrected chi connectivity index (χ0v) is 12.1. The van der Waals surface area contributed by atoms with Gasteiger partial charge in [0, 0.05) is 17.9 Å². The number of nitrogens with two attached hydrogens (primary N) is 1. The summed E-state index contributed by atoms with van der Waals surface area (Å²) >= 11 is 9.66. The van der Waals surface area contributed by atoms with E-state index in [1.54, 1.807) is 4.68 Å². The van der Waals surface area contributed by atoms with Crippen LogP contribution in [-0.4, -0.2) is 14.8 Å². The van der Waals surface area contributed by atoms with E-state index in [1.165, 1.54) is 6.33 Å². The van der Waals surface area contributed by atoms with Crippen LogP contribution in [0.5, 0.6) is 0 Å². The van der Waals surface area contributed by atoms with Crippen LogP contribution >= 0.6 is 27.5 Å². The maximum Gasteiger partial charge on any atom is 0.138 e. The highest BCUT2D eigenvalue weighted by Crippen LogP contribution is 2.31. The summed E-state index contributed by atoms with van der Waals surface area (Å²) < 4.78 is 2.57. The van der Waals surface area contributed by atoms with Gasteiger partial charge >= 0.3 is 0 Å². The van der Waals surface area contributed by atoms with Gasteiger partial charge in [-0.25, -0.2) is 4.98 Å². The lowest BCUT2D eigenvalue weighted by Crippen LogP contribution is -2.30. The molecule has 2 aromatic rings. The molecule has 0 saturated carbocycles. The maximum atomic E-state index is 6.26. The number of benzene rings is 1. The summed E-state index contributed by atoms with van der Waals surface area (Å²) in [6.07, 6.45) is 2.13. The molecule has 1 aromatic carbocycles. The topological polar surface area (TPSA) is 68.8 Å². The Balaban J connectivity index is 2.29. The van der Waals surface area contributed by atoms with Crippen LogP contribution < -0.4 is 11.3 Å². The zero-order chi connectivity index (χ0) is 13.1. The molecule has 7 heteroatoms. The molecular weight excluding hydrogens is 318 g/mol. The van der Waals surface area contributed by atoms with Gasteiger partial charge in [0.25, 0.3) is 0 Å². The zero-order valence-electron chi connectivity index (χ0n) is 9.77. The highest BCUT2D eigenvalue weighted by atomic mass is 79.9. The van der Waals surface area contributed by atoms with Crippen LogP contribution in [0.15, 0.2) is 29.0 Å². The first-order valence-electron chi connectivity index (χ1n) is 5.36. The fourth-order valence-corrected chi connectivity index (χ4v) is 2.38. The molecule has 0 radical (unpaired) electrons. The summed E-state index contributed by atoms with van der Waals surface area (Å²) in [5, 5.41) is 4.69. The number of nitrogens with one attached hydrogen (secondary N) is 1. The molecule has 1 unspecified atom stereocenters. The molecule has 0 spiro atoms. The van der Waals surface area contributed by atoms with Crippen molar-refractivity contribution in [2.45, 2.75) is 12.5 Å². The van der Waals surface area contributed by atoms with Crippen molar-refractivity contribution < 1.29 is 0 Å². The Labute approximate surface area is 118 Å². The molecule has 0 aliphatic heterocycles. The average molecular weight is 331 g/mol. The van der Waals surface area contributed by atoms with Crippen LogP contribution in [0.1, 0.15) is 17.4 Å². The van der Waals surface area contributed by atoms with Gasteiger partial charge in [0.15, 0.2) is 0 Å². The van der Waals surface area contributed by atoms with Crippen molar-refractivity contribution >= 4 is 27.5 Å². The standard InChI is InChI=1S/C11H13BrClN5/c1-18-10(15-6-16-18)5-9(17-14)7-3-2-4-8(12)11(7)13/h2-4,6,9,17H,5,14H2,1H3. The minimum absolute atomic E-state index is 0.113. The van der Waals surface area contributed by atoms with Gasteiger partial charge in [0.2, 0.25) is 0 Å². The van der Waals surface area contributed by atoms with Gasteiger partial charge in [0.05, 0.1) is 11.1 Å². The van der Waals surface area contributed by atoms with Crippen LogP contribution in [0.3, 0.4) is 0 Å². The second kappa shape index (κ2) is 5.79. The van der Waals surface area contributed by atoms with Gasteiger partial charge in [-0.15, -0.1) is 0 Å². The quantitative estimate of drug-likeness (QED) is 0.664. The Morgan fingerprint density at radius 3 is 2.94 bits per heavy atom. The molecule has 1 heterocycles. The summed E-state index contributed by atoms with van der Waals surface area (Å²) in [6.45, 7) is 0. The van der Waals surface area contributed by atoms with Gasteiger partial charge in [-0.1, -0.05) is 23.7 Å². The van der Waals surface area contributed by atoms with E-state index in [9.17, 15) is 0 Å². The molecule has 0 aliphatic rings. The molecule has 5 nitrogen and oxygen atoms in total. The normalized spacial score (nSPS) is 12.7. The van der Waals surface area contributed by atoms with E-state index in [1.807, 2.05) is 25.2 Å². The van der Waals surface area contributed by atoms with Crippen molar-refractivity contribution in [3.8, 4) is 0 Å². The van der Waals surface area contributed by atoms with E-state index < -0.39 is 0 Å². The predicted molar refractivity (Wildman–Crippen MR) is 73.9 cm³/mol. The number of aromatic nitrogens is 3. The minimum Gasteiger partial charge on any atom is -0.271 e. The van der Waals surface area contributed by atoms with Gasteiger partial charge in [-0.05, 0) is 27.6 Å². The van der Waals surface area contributed by atoms with Crippen LogP contribution in [-0.2, 0) is 13.5 Å². The van der Waals surface area contributed by atoms with Crippen molar-refractivity contribution in [3.63, 3.8) is 0 Å². The number of hydrazine groups is 1. The Kier molecular flexibility index (Phi) is 4.34. The van der Waals surface area contributed by atoms with E-state index in [0.717, 1.165) is 15.9 Å². The predicted octanol–water partition coefficient (Wildman–Crippen LogP) is 1.98. The largest absolute Gasteiger partial charge is 0.271 e. The molecule has 0 fully saturated rings. The van der Waals surface area contributed by atoms with Crippen molar-refractivity contribution in [1.82, 2.24) is 20.2 Å². The maximum absolute atomic E-state index is 6.26. The average Bonchev–Trinajstić information content (AvgIpc) is 2.76. The molecule has 0 amide bonds. The second-order valence-electron chi connectivity index (χ2n) is 3.87. The van der Waals surface area contributed by atoms with E-state index in [4.69, 9.17) is 17.4 Å². The lowest BCUT2D eigenvalue weighted by Gasteiger charge is -2.17. The van der Waals surface area contributed by atoms with Gasteiger partial charge in [-0.3, -0.25) is 16.0 Å². The van der Waals surface area contributed by atoms with Gasteiger partial charge < -0.3 is 0 Å². The third-order valence-corrected chi connectivity index (χ3v) is 4.06. The minimum atomic E-state index is -0.113. The summed E-state index contributed by atoms with van der Waals surface area (Å²) in [7, 11) is 1.85. The van der Waals surface area contributed by atoms with Crippen LogP contribution in [0.4, 0.5) is 0 Å². The number of hydrogen-bond donors (Lipinski definition) is 2. The lowest BCUT2D eigenvalue weighted by molar-refractivity contribution is 0.523. The fraction of sp³-hybridized carbons (Fsp3) is 0.273. The van der Waals surface area contributed by atoms with E-state index >= 15 is 0 Å². The molecule has 1 atom stereocenters. The summed E-state index contributed by atoms with van der Waals surface area (Å²) in [5.74, 6) is 6.45. The van der Waals surface area contributed by atoms with Gasteiger partial charge in [0.1, 0.15) is 12.2 Å². The van der Waals surface area contributed by atoms with Crippen molar-refractivity contribution in [2.24, 2.45) is 12.9 Å². The number of hydrogen-bond acceptors (Lipinski definition) is 4. The first-order chi connectivity index (χ1) is 8.63. The number of nitrogens with zero attached hydrogens (tertiary/aromatic N) is 3. The monoisotopic (exact) mass is 329 g/mol. The Bertz CT molecular complexity index is 542. The third-order valence-electron chi connectivity index (χ3n) is 2.75. The Morgan fingerprint density at radius 1 is 1.56 bits per heavy atom. The first kappa shape index (κ1) is 13.5. The molecule has 0 aliphatic carbocycles. The second-order valence-corrected chi connectivity index (χ2v) is 5.10. The van der Waals surface area contributed by atoms with Crippen LogP contribution in [0, 0.1) is 0 Å². The number of aryl methyl sites for hydroxylation is 1. The molecule has 0 bridgehead atoms. The first-order valence-corrected chi connectivity index (χ1v) is 6.53. The molecule has 2 rings (SSSR count). The highest BCUT2D eigenvalue weighted by Gasteiger charge is 2.17. The lowest BCUT2D eigenvalue weighted by atomic mass is 10.0. The molecule has 1 aromatic heterocycles. The molecule has 0 saturated heterocycles. The fourth-order valence-electron chi connectivity index (χ4n) is 1.74. The summed E-state index contributed by atoms with van der Waals surface area (Å²) in [4.78, 5) is 4.18. The van der Waals surface area contributed by atoms with Crippen molar-refractivity contribution in [1.29, 1.82) is 0 Å². The van der Waals surface area contributed by atoms with Gasteiger partial charge in [-0.2, -0.15) is 5.10 Å². The van der Waals surface area contributed by atoms with Crippen LogP contribution in [0.25, 0.3) is 0 Å². The van der Waals surface area contributed by atoms with E-state index in [2.05, 4.69) is 31.4 Å². The summed E-state index contributed by atoms with van der Waals surface area (Å²) in [6, 6.07) is 5.64. The van der Waals surface area contributed by atoms with E-state index in [-0.39, 0.29) is 6.04 Å². The Morgan fingerprint density at radius 2 is 2.33 bits per heavy atom. The molecule has 3 N–H and O–H groups in total. The number of rotatable bonds is 4. The van der Waals surface area contributed by atoms with Crippen LogP contribution in [0.2, 0.25) is 5.02 Å². The molecule has 96 valence electrons. The molecular formula is C11H13BrClN5. The van der Waals surface area contributed by atoms with E-state index in [0.29, 0.717) is 11.4 Å². The number of halogens is 2. The highest BCUT2D eigenvalue weighted by molar-refractivity contribution is 9.10. The Hall–Kier alpha value is -0.950. The molecule has 18 heavy (non-hydrogen) atoms. The third kappa shape index (κ3) is 2.72. The van der Waals surface area contributed by atoms with Crippen molar-refractivity contribution in [3.05, 3.63) is 45.4 Å². The summed E-state index contributed by atoms with van der Waals surface area (Å²) in [5.41, 5.74) is 3.69.